The van der Waals surface area contributed by atoms with Gasteiger partial charge in [-0.25, -0.2) is 0 Å². The van der Waals surface area contributed by atoms with Crippen LogP contribution in [-0.4, -0.2) is 66.2 Å². The third-order valence-corrected chi connectivity index (χ3v) is 5.45. The number of methoxy groups -OCH3 is 2. The van der Waals surface area contributed by atoms with Crippen LogP contribution in [0.1, 0.15) is 16.2 Å². The first-order valence-corrected chi connectivity index (χ1v) is 10.8. The number of nitrogens with one attached hydrogen (secondary N) is 1. The van der Waals surface area contributed by atoms with Crippen molar-refractivity contribution in [3.05, 3.63) is 59.9 Å². The van der Waals surface area contributed by atoms with Gasteiger partial charge < -0.3 is 19.7 Å². The monoisotopic (exact) mass is 441 g/mol. The molecule has 164 valence electrons. The summed E-state index contributed by atoms with van der Waals surface area (Å²) in [6.45, 7) is 1.16. The number of thioether (sulfide) groups is 1. The number of hydrogen-bond donors (Lipinski definition) is 1. The van der Waals surface area contributed by atoms with Crippen molar-refractivity contribution in [2.24, 2.45) is 0 Å². The number of hydrogen-bond acceptors (Lipinski definition) is 7. The van der Waals surface area contributed by atoms with Crippen LogP contribution in [0.5, 0.6) is 11.5 Å². The molecule has 9 heteroatoms. The molecule has 0 aliphatic rings. The largest absolute Gasteiger partial charge is 0.497 e. The standard InChI is InChI=1S/C22H27N5O3S/c1-26(2)12-13-31-22-25-24-20(27(22)17-6-5-7-19(14-17)30-4)15-23-21(28)16-8-10-18(29-3)11-9-16/h5-11,14H,12-13,15H2,1-4H3,(H,23,28). The van der Waals surface area contributed by atoms with E-state index in [2.05, 4.69) is 20.4 Å². The van der Waals surface area contributed by atoms with Crippen LogP contribution in [0.2, 0.25) is 0 Å². The summed E-state index contributed by atoms with van der Waals surface area (Å²) in [5.41, 5.74) is 1.43. The molecule has 0 atom stereocenters. The molecule has 2 aromatic carbocycles. The Hall–Kier alpha value is -3.04. The van der Waals surface area contributed by atoms with Gasteiger partial charge in [-0.05, 0) is 50.5 Å². The molecule has 1 N–H and O–H groups in total. The van der Waals surface area contributed by atoms with Gasteiger partial charge in [0.2, 0.25) is 0 Å². The predicted molar refractivity (Wildman–Crippen MR) is 121 cm³/mol. The van der Waals surface area contributed by atoms with Crippen LogP contribution in [0, 0.1) is 0 Å². The average molecular weight is 442 g/mol. The molecular formula is C22H27N5O3S. The summed E-state index contributed by atoms with van der Waals surface area (Å²) >= 11 is 1.62. The van der Waals surface area contributed by atoms with Gasteiger partial charge in [0.15, 0.2) is 11.0 Å². The third kappa shape index (κ3) is 5.99. The van der Waals surface area contributed by atoms with Gasteiger partial charge in [0.05, 0.1) is 26.5 Å². The topological polar surface area (TPSA) is 81.5 Å². The van der Waals surface area contributed by atoms with Crippen LogP contribution >= 0.6 is 11.8 Å². The minimum Gasteiger partial charge on any atom is -0.497 e. The first-order valence-electron chi connectivity index (χ1n) is 9.80. The summed E-state index contributed by atoms with van der Waals surface area (Å²) in [5.74, 6) is 2.76. The van der Waals surface area contributed by atoms with Gasteiger partial charge in [-0.15, -0.1) is 10.2 Å². The van der Waals surface area contributed by atoms with Gasteiger partial charge in [-0.1, -0.05) is 17.8 Å². The van der Waals surface area contributed by atoms with Crippen LogP contribution in [0.25, 0.3) is 5.69 Å². The molecule has 0 fully saturated rings. The van der Waals surface area contributed by atoms with E-state index >= 15 is 0 Å². The maximum absolute atomic E-state index is 12.6. The lowest BCUT2D eigenvalue weighted by Gasteiger charge is -2.13. The molecule has 3 aromatic rings. The zero-order valence-corrected chi connectivity index (χ0v) is 19.0. The van der Waals surface area contributed by atoms with E-state index in [1.54, 1.807) is 50.2 Å². The van der Waals surface area contributed by atoms with Gasteiger partial charge in [0.1, 0.15) is 11.5 Å². The van der Waals surface area contributed by atoms with Crippen molar-refractivity contribution in [2.75, 3.05) is 40.6 Å². The molecule has 3 rings (SSSR count). The first-order chi connectivity index (χ1) is 15.0. The van der Waals surface area contributed by atoms with Gasteiger partial charge in [0.25, 0.3) is 5.91 Å². The fraction of sp³-hybridized carbons (Fsp3) is 0.318. The molecule has 0 spiro atoms. The highest BCUT2D eigenvalue weighted by atomic mass is 32.2. The number of amides is 1. The van der Waals surface area contributed by atoms with E-state index in [-0.39, 0.29) is 12.5 Å². The summed E-state index contributed by atoms with van der Waals surface area (Å²) in [7, 11) is 7.30. The highest BCUT2D eigenvalue weighted by Crippen LogP contribution is 2.24. The Balaban J connectivity index is 1.81. The van der Waals surface area contributed by atoms with Gasteiger partial charge in [-0.3, -0.25) is 9.36 Å². The number of carbonyl (C=O) groups excluding carboxylic acids is 1. The molecule has 0 radical (unpaired) electrons. The normalized spacial score (nSPS) is 10.9. The molecule has 0 aliphatic heterocycles. The predicted octanol–water partition coefficient (Wildman–Crippen LogP) is 2.87. The van der Waals surface area contributed by atoms with E-state index in [4.69, 9.17) is 9.47 Å². The highest BCUT2D eigenvalue weighted by molar-refractivity contribution is 7.99. The second-order valence-electron chi connectivity index (χ2n) is 7.00. The van der Waals surface area contributed by atoms with Crippen LogP contribution < -0.4 is 14.8 Å². The highest BCUT2D eigenvalue weighted by Gasteiger charge is 2.16. The lowest BCUT2D eigenvalue weighted by atomic mass is 10.2. The number of rotatable bonds is 10. The van der Waals surface area contributed by atoms with Crippen molar-refractivity contribution < 1.29 is 14.3 Å². The minimum atomic E-state index is -0.190. The van der Waals surface area contributed by atoms with Crippen molar-refractivity contribution in [1.29, 1.82) is 0 Å². The Morgan fingerprint density at radius 2 is 1.81 bits per heavy atom. The fourth-order valence-electron chi connectivity index (χ4n) is 2.84. The molecule has 31 heavy (non-hydrogen) atoms. The summed E-state index contributed by atoms with van der Waals surface area (Å²) in [6, 6.07) is 14.7. The van der Waals surface area contributed by atoms with Crippen molar-refractivity contribution >= 4 is 17.7 Å². The molecule has 1 heterocycles. The Morgan fingerprint density at radius 1 is 1.06 bits per heavy atom. The first kappa shape index (κ1) is 22.6. The van der Waals surface area contributed by atoms with Crippen molar-refractivity contribution in [1.82, 2.24) is 25.0 Å². The van der Waals surface area contributed by atoms with Gasteiger partial charge in [-0.2, -0.15) is 0 Å². The summed E-state index contributed by atoms with van der Waals surface area (Å²) in [5, 5.41) is 12.4. The van der Waals surface area contributed by atoms with E-state index < -0.39 is 0 Å². The lowest BCUT2D eigenvalue weighted by molar-refractivity contribution is 0.0949. The number of benzene rings is 2. The average Bonchev–Trinajstić information content (AvgIpc) is 3.20. The van der Waals surface area contributed by atoms with E-state index in [1.807, 2.05) is 42.9 Å². The zero-order chi connectivity index (χ0) is 22.2. The number of nitrogens with zero attached hydrogens (tertiary/aromatic N) is 4. The molecule has 0 saturated heterocycles. The Morgan fingerprint density at radius 3 is 2.48 bits per heavy atom. The van der Waals surface area contributed by atoms with Crippen molar-refractivity contribution in [3.8, 4) is 17.2 Å². The maximum atomic E-state index is 12.6. The Labute approximate surface area is 186 Å². The maximum Gasteiger partial charge on any atom is 0.251 e. The Bertz CT molecular complexity index is 1000. The van der Waals surface area contributed by atoms with E-state index in [1.165, 1.54) is 0 Å². The van der Waals surface area contributed by atoms with Crippen LogP contribution in [0.4, 0.5) is 0 Å². The molecule has 0 aliphatic carbocycles. The van der Waals surface area contributed by atoms with Crippen molar-refractivity contribution in [3.63, 3.8) is 0 Å². The van der Waals surface area contributed by atoms with Gasteiger partial charge >= 0.3 is 0 Å². The minimum absolute atomic E-state index is 0.190. The molecule has 1 amide bonds. The number of aromatic nitrogens is 3. The summed E-state index contributed by atoms with van der Waals surface area (Å²) < 4.78 is 12.5. The second-order valence-corrected chi connectivity index (χ2v) is 8.06. The van der Waals surface area contributed by atoms with Crippen LogP contribution in [0.3, 0.4) is 0 Å². The molecule has 0 bridgehead atoms. The molecule has 0 saturated carbocycles. The van der Waals surface area contributed by atoms with Gasteiger partial charge in [0, 0.05) is 23.9 Å². The smallest absolute Gasteiger partial charge is 0.251 e. The fourth-order valence-corrected chi connectivity index (χ4v) is 3.92. The molecular weight excluding hydrogens is 414 g/mol. The summed E-state index contributed by atoms with van der Waals surface area (Å²) in [4.78, 5) is 14.7. The lowest BCUT2D eigenvalue weighted by Crippen LogP contribution is -2.24. The number of ether oxygens (including phenoxy) is 2. The van der Waals surface area contributed by atoms with E-state index in [0.717, 1.165) is 28.9 Å². The molecule has 1 aromatic heterocycles. The van der Waals surface area contributed by atoms with Crippen LogP contribution in [-0.2, 0) is 6.54 Å². The molecule has 8 nitrogen and oxygen atoms in total. The van der Waals surface area contributed by atoms with Crippen molar-refractivity contribution in [2.45, 2.75) is 11.7 Å². The third-order valence-electron chi connectivity index (χ3n) is 4.54. The SMILES string of the molecule is COc1ccc(C(=O)NCc2nnc(SCCN(C)C)n2-c2cccc(OC)c2)cc1. The summed E-state index contributed by atoms with van der Waals surface area (Å²) in [6.07, 6.45) is 0. The molecule has 0 unspecified atom stereocenters. The zero-order valence-electron chi connectivity index (χ0n) is 18.2. The second kappa shape index (κ2) is 10.8. The van der Waals surface area contributed by atoms with Crippen LogP contribution in [0.15, 0.2) is 53.7 Å². The van der Waals surface area contributed by atoms with E-state index in [9.17, 15) is 4.79 Å². The van der Waals surface area contributed by atoms with E-state index in [0.29, 0.717) is 17.1 Å². The quantitative estimate of drug-likeness (QED) is 0.485. The Kier molecular flexibility index (Phi) is 7.91. The number of carbonyl (C=O) groups is 1.